The Morgan fingerprint density at radius 2 is 2.12 bits per heavy atom. The molecule has 8 heteroatoms. The van der Waals surface area contributed by atoms with E-state index in [-0.39, 0.29) is 18.9 Å². The summed E-state index contributed by atoms with van der Waals surface area (Å²) in [5, 5.41) is 6.03. The number of carbonyl (C=O) groups excluding carboxylic acids is 2. The maximum absolute atomic E-state index is 13.1. The summed E-state index contributed by atoms with van der Waals surface area (Å²) in [4.78, 5) is 32.9. The average Bonchev–Trinajstić information content (AvgIpc) is 3.54. The van der Waals surface area contributed by atoms with Crippen LogP contribution in [-0.4, -0.2) is 41.7 Å². The normalized spacial score (nSPS) is 27.3. The Hall–Kier alpha value is -2.74. The van der Waals surface area contributed by atoms with Crippen LogP contribution in [-0.2, 0) is 14.3 Å². The fourth-order valence-corrected chi connectivity index (χ4v) is 6.77. The van der Waals surface area contributed by atoms with Crippen molar-refractivity contribution in [3.8, 4) is 5.75 Å². The van der Waals surface area contributed by atoms with Crippen molar-refractivity contribution in [2.75, 3.05) is 13.7 Å². The van der Waals surface area contributed by atoms with Crippen molar-refractivity contribution >= 4 is 28.8 Å². The lowest BCUT2D eigenvalue weighted by Gasteiger charge is -2.36. The molecule has 1 N–H and O–H groups in total. The molecule has 2 fully saturated rings. The van der Waals surface area contributed by atoms with E-state index >= 15 is 0 Å². The Morgan fingerprint density at radius 3 is 2.82 bits per heavy atom. The number of fused-ring (bicyclic) bond motifs is 3. The highest BCUT2D eigenvalue weighted by Gasteiger charge is 2.43. The fourth-order valence-electron chi connectivity index (χ4n) is 5.81. The van der Waals surface area contributed by atoms with Gasteiger partial charge in [0.15, 0.2) is 5.17 Å². The molecule has 0 saturated heterocycles. The number of methoxy groups -OCH3 is 1. The second-order valence-corrected chi connectivity index (χ2v) is 10.3. The molecule has 34 heavy (non-hydrogen) atoms. The number of thioether (sulfide) groups is 1. The second-order valence-electron chi connectivity index (χ2n) is 9.42. The van der Waals surface area contributed by atoms with Crippen LogP contribution in [0.15, 0.2) is 51.6 Å². The van der Waals surface area contributed by atoms with E-state index in [1.54, 1.807) is 14.0 Å². The topological polar surface area (TPSA) is 80.2 Å². The van der Waals surface area contributed by atoms with Crippen LogP contribution >= 0.6 is 11.8 Å². The first kappa shape index (κ1) is 23.0. The Morgan fingerprint density at radius 1 is 1.26 bits per heavy atom. The molecule has 2 aliphatic carbocycles. The average molecular weight is 482 g/mol. The summed E-state index contributed by atoms with van der Waals surface area (Å²) in [7, 11) is 1.62. The van der Waals surface area contributed by atoms with Crippen molar-refractivity contribution in [2.24, 2.45) is 16.8 Å². The monoisotopic (exact) mass is 481 g/mol. The van der Waals surface area contributed by atoms with Gasteiger partial charge in [-0.1, -0.05) is 30.3 Å². The SMILES string of the molecule is CCOC(=O)C1=C(C)N=C2SC=C(CC(=O)NC3CC4CCC3C4)N2C1c1cccc(OC)c1. The molecule has 2 saturated carbocycles. The van der Waals surface area contributed by atoms with Gasteiger partial charge >= 0.3 is 5.97 Å². The standard InChI is InChI=1S/C26H31N3O4S/c1-4-33-25(31)23-15(2)27-26-29(24(23)18-6-5-7-20(12-18)32-3)19(14-34-26)13-22(30)28-21-11-16-8-9-17(21)10-16/h5-7,12,14,16-17,21,24H,4,8-11,13H2,1-3H3,(H,28,30). The van der Waals surface area contributed by atoms with Crippen LogP contribution in [0.5, 0.6) is 5.75 Å². The summed E-state index contributed by atoms with van der Waals surface area (Å²) in [6.45, 7) is 3.91. The van der Waals surface area contributed by atoms with Gasteiger partial charge in [0.05, 0.1) is 37.4 Å². The van der Waals surface area contributed by atoms with Gasteiger partial charge in [-0.2, -0.15) is 0 Å². The number of carbonyl (C=O) groups is 2. The molecule has 5 rings (SSSR count). The van der Waals surface area contributed by atoms with E-state index in [0.29, 0.717) is 29.0 Å². The predicted octanol–water partition coefficient (Wildman–Crippen LogP) is 4.53. The summed E-state index contributed by atoms with van der Waals surface area (Å²) < 4.78 is 10.9. The molecule has 2 heterocycles. The molecule has 4 aliphatic rings. The number of benzene rings is 1. The van der Waals surface area contributed by atoms with Gasteiger partial charge in [-0.05, 0) is 68.0 Å². The smallest absolute Gasteiger partial charge is 0.338 e. The summed E-state index contributed by atoms with van der Waals surface area (Å²) in [6, 6.07) is 7.53. The molecule has 1 aromatic carbocycles. The second kappa shape index (κ2) is 9.49. The highest BCUT2D eigenvalue weighted by molar-refractivity contribution is 8.16. The number of amidine groups is 1. The highest BCUT2D eigenvalue weighted by atomic mass is 32.2. The van der Waals surface area contributed by atoms with Crippen LogP contribution in [0.2, 0.25) is 0 Å². The van der Waals surface area contributed by atoms with Gasteiger partial charge in [0.2, 0.25) is 5.91 Å². The Labute approximate surface area is 204 Å². The van der Waals surface area contributed by atoms with E-state index in [1.807, 2.05) is 41.5 Å². The van der Waals surface area contributed by atoms with E-state index in [2.05, 4.69) is 5.32 Å². The van der Waals surface area contributed by atoms with Crippen LogP contribution in [0.3, 0.4) is 0 Å². The summed E-state index contributed by atoms with van der Waals surface area (Å²) >= 11 is 1.49. The minimum Gasteiger partial charge on any atom is -0.497 e. The largest absolute Gasteiger partial charge is 0.497 e. The first-order valence-electron chi connectivity index (χ1n) is 12.0. The molecule has 7 nitrogen and oxygen atoms in total. The third-order valence-electron chi connectivity index (χ3n) is 7.33. The van der Waals surface area contributed by atoms with Gasteiger partial charge in [0, 0.05) is 11.7 Å². The number of aliphatic imine (C=N–C) groups is 1. The number of hydrogen-bond donors (Lipinski definition) is 1. The number of ether oxygens (including phenoxy) is 2. The molecule has 1 aromatic rings. The number of amides is 1. The fraction of sp³-hybridized carbons (Fsp3) is 0.500. The zero-order chi connectivity index (χ0) is 23.8. The van der Waals surface area contributed by atoms with Crippen molar-refractivity contribution < 1.29 is 19.1 Å². The van der Waals surface area contributed by atoms with E-state index in [4.69, 9.17) is 14.5 Å². The summed E-state index contributed by atoms with van der Waals surface area (Å²) in [6.07, 6.45) is 5.12. The molecular weight excluding hydrogens is 450 g/mol. The van der Waals surface area contributed by atoms with E-state index in [0.717, 1.165) is 28.8 Å². The quantitative estimate of drug-likeness (QED) is 0.577. The van der Waals surface area contributed by atoms with Crippen LogP contribution in [0, 0.1) is 11.8 Å². The van der Waals surface area contributed by atoms with Crippen molar-refractivity contribution in [3.05, 3.63) is 52.2 Å². The first-order valence-corrected chi connectivity index (χ1v) is 12.9. The summed E-state index contributed by atoms with van der Waals surface area (Å²) in [5.74, 6) is 1.74. The van der Waals surface area contributed by atoms with Gasteiger partial charge in [-0.25, -0.2) is 9.79 Å². The third-order valence-corrected chi connectivity index (χ3v) is 8.22. The van der Waals surface area contributed by atoms with Crippen molar-refractivity contribution in [1.29, 1.82) is 0 Å². The van der Waals surface area contributed by atoms with Crippen LogP contribution in [0.25, 0.3) is 0 Å². The van der Waals surface area contributed by atoms with Gasteiger partial charge in [0.25, 0.3) is 0 Å². The molecule has 0 spiro atoms. The lowest BCUT2D eigenvalue weighted by molar-refractivity contribution is -0.139. The van der Waals surface area contributed by atoms with Gasteiger partial charge in [-0.3, -0.25) is 4.79 Å². The highest BCUT2D eigenvalue weighted by Crippen LogP contribution is 2.46. The maximum atomic E-state index is 13.1. The van der Waals surface area contributed by atoms with Crippen LogP contribution in [0.4, 0.5) is 0 Å². The van der Waals surface area contributed by atoms with Crippen LogP contribution in [0.1, 0.15) is 57.6 Å². The Balaban J connectivity index is 1.43. The molecule has 180 valence electrons. The number of nitrogens with one attached hydrogen (secondary N) is 1. The first-order chi connectivity index (χ1) is 16.5. The van der Waals surface area contributed by atoms with Crippen molar-refractivity contribution in [1.82, 2.24) is 10.2 Å². The van der Waals surface area contributed by atoms with Gasteiger partial charge < -0.3 is 19.7 Å². The minimum absolute atomic E-state index is 0.0269. The number of allylic oxidation sites excluding steroid dienone is 1. The summed E-state index contributed by atoms with van der Waals surface area (Å²) in [5.41, 5.74) is 2.84. The lowest BCUT2D eigenvalue weighted by Crippen LogP contribution is -2.41. The maximum Gasteiger partial charge on any atom is 0.338 e. The van der Waals surface area contributed by atoms with Gasteiger partial charge in [0.1, 0.15) is 5.75 Å². The molecule has 4 atom stereocenters. The molecule has 4 unspecified atom stereocenters. The van der Waals surface area contributed by atoms with Crippen molar-refractivity contribution in [2.45, 2.75) is 58.0 Å². The van der Waals surface area contributed by atoms with Gasteiger partial charge in [-0.15, -0.1) is 0 Å². The number of esters is 1. The number of rotatable bonds is 7. The lowest BCUT2D eigenvalue weighted by atomic mass is 9.93. The Bertz CT molecular complexity index is 1100. The number of hydrogen-bond acceptors (Lipinski definition) is 7. The van der Waals surface area contributed by atoms with Crippen LogP contribution < -0.4 is 10.1 Å². The molecule has 1 amide bonds. The molecule has 2 bridgehead atoms. The molecule has 0 aromatic heterocycles. The third kappa shape index (κ3) is 4.24. The zero-order valence-electron chi connectivity index (χ0n) is 19.9. The van der Waals surface area contributed by atoms with E-state index in [1.165, 1.54) is 31.0 Å². The Kier molecular flexibility index (Phi) is 6.42. The number of nitrogens with zero attached hydrogens (tertiary/aromatic N) is 2. The zero-order valence-corrected chi connectivity index (χ0v) is 20.7. The van der Waals surface area contributed by atoms with E-state index in [9.17, 15) is 9.59 Å². The molecule has 2 aliphatic heterocycles. The molecular formula is C26H31N3O4S. The van der Waals surface area contributed by atoms with E-state index < -0.39 is 12.0 Å². The minimum atomic E-state index is -0.446. The molecule has 0 radical (unpaired) electrons. The predicted molar refractivity (Wildman–Crippen MR) is 132 cm³/mol. The van der Waals surface area contributed by atoms with Crippen molar-refractivity contribution in [3.63, 3.8) is 0 Å².